The quantitative estimate of drug-likeness (QED) is 0.339. The molecule has 1 unspecified atom stereocenters. The largest absolute Gasteiger partial charge is 0.497 e. The molecule has 1 heterocycles. The average Bonchev–Trinajstić information content (AvgIpc) is 3.33. The molecule has 1 aliphatic rings. The van der Waals surface area contributed by atoms with Crippen molar-refractivity contribution in [1.29, 1.82) is 0 Å². The van der Waals surface area contributed by atoms with Crippen molar-refractivity contribution in [2.75, 3.05) is 27.4 Å². The minimum atomic E-state index is -0.850. The Morgan fingerprint density at radius 2 is 1.34 bits per heavy atom. The normalized spacial score (nSPS) is 18.5. The lowest BCUT2D eigenvalue weighted by Crippen LogP contribution is -2.38. The van der Waals surface area contributed by atoms with Crippen molar-refractivity contribution in [1.82, 2.24) is 0 Å². The number of hydrogen-bond acceptors (Lipinski definition) is 5. The Morgan fingerprint density at radius 1 is 0.812 bits per heavy atom. The van der Waals surface area contributed by atoms with E-state index in [1.54, 1.807) is 14.2 Å². The van der Waals surface area contributed by atoms with Crippen molar-refractivity contribution in [3.63, 3.8) is 0 Å². The summed E-state index contributed by atoms with van der Waals surface area (Å²) < 4.78 is 29.1. The Labute approximate surface area is 191 Å². The summed E-state index contributed by atoms with van der Waals surface area (Å²) in [6.45, 7) is 1.04. The van der Waals surface area contributed by atoms with Crippen LogP contribution in [0.4, 0.5) is 0 Å². The van der Waals surface area contributed by atoms with Crippen LogP contribution in [0.3, 0.4) is 0 Å². The van der Waals surface area contributed by atoms with Crippen LogP contribution in [0.25, 0.3) is 0 Å². The van der Waals surface area contributed by atoms with Gasteiger partial charge in [-0.05, 0) is 47.4 Å². The molecule has 0 amide bonds. The Morgan fingerprint density at radius 3 is 1.84 bits per heavy atom. The first-order valence-corrected chi connectivity index (χ1v) is 11.1. The Balaban J connectivity index is 1.84. The van der Waals surface area contributed by atoms with Crippen LogP contribution in [0, 0.1) is 0 Å². The lowest BCUT2D eigenvalue weighted by Gasteiger charge is -2.37. The molecule has 4 rings (SSSR count). The molecule has 0 aromatic heterocycles. The summed E-state index contributed by atoms with van der Waals surface area (Å²) in [6, 6.07) is 26.3. The summed E-state index contributed by atoms with van der Waals surface area (Å²) in [5, 5.41) is 0. The fourth-order valence-corrected chi connectivity index (χ4v) is 4.53. The highest BCUT2D eigenvalue weighted by molar-refractivity contribution is 7.09. The lowest BCUT2D eigenvalue weighted by atomic mass is 9.80. The van der Waals surface area contributed by atoms with E-state index in [0.29, 0.717) is 13.2 Å². The molecule has 168 valence electrons. The molecule has 3 atom stereocenters. The van der Waals surface area contributed by atoms with Crippen molar-refractivity contribution in [3.05, 3.63) is 95.6 Å². The topological polar surface area (TPSA) is 46.2 Å². The van der Waals surface area contributed by atoms with E-state index in [2.05, 4.69) is 45.9 Å². The van der Waals surface area contributed by atoms with Gasteiger partial charge in [0, 0.05) is 16.1 Å². The van der Waals surface area contributed by atoms with Crippen LogP contribution >= 0.6 is 9.47 Å². The van der Waals surface area contributed by atoms with Crippen LogP contribution in [0.1, 0.15) is 23.1 Å². The molecule has 0 bridgehead atoms. The second-order valence-corrected chi connectivity index (χ2v) is 7.96. The summed E-state index contributed by atoms with van der Waals surface area (Å²) in [5.41, 5.74) is 2.17. The van der Waals surface area contributed by atoms with E-state index >= 15 is 0 Å². The molecule has 5 nitrogen and oxygen atoms in total. The molecular weight excluding hydrogens is 423 g/mol. The number of rotatable bonds is 9. The van der Waals surface area contributed by atoms with Crippen molar-refractivity contribution in [2.45, 2.75) is 24.2 Å². The number of ether oxygens (including phenoxy) is 4. The molecule has 0 N–H and O–H groups in total. The predicted molar refractivity (Wildman–Crippen MR) is 127 cm³/mol. The zero-order valence-corrected chi connectivity index (χ0v) is 19.6. The van der Waals surface area contributed by atoms with E-state index in [9.17, 15) is 0 Å². The molecule has 3 aromatic rings. The Kier molecular flexibility index (Phi) is 7.44. The smallest absolute Gasteiger partial charge is 0.143 e. The van der Waals surface area contributed by atoms with Gasteiger partial charge in [-0.15, -0.1) is 0 Å². The molecule has 1 fully saturated rings. The second kappa shape index (κ2) is 10.5. The van der Waals surface area contributed by atoms with Gasteiger partial charge in [-0.1, -0.05) is 54.6 Å². The van der Waals surface area contributed by atoms with Crippen molar-refractivity contribution in [3.8, 4) is 11.5 Å². The van der Waals surface area contributed by atoms with Crippen LogP contribution in [-0.2, 0) is 19.6 Å². The number of benzene rings is 3. The van der Waals surface area contributed by atoms with Crippen LogP contribution in [0.5, 0.6) is 11.5 Å². The van der Waals surface area contributed by atoms with Gasteiger partial charge in [0.15, 0.2) is 0 Å². The standard InChI is InChI=1S/C26H29O5P/c1-27-22-12-8-20(9-13-22)26(19-6-4-3-5-7-19,21-10-14-23(28-2)15-11-21)30-18-25-24(31-32)16-17-29-25/h3-15,24-25H,16-18,32H2,1-2H3/t24-,25+/m0/s1. The lowest BCUT2D eigenvalue weighted by molar-refractivity contribution is -0.0638. The molecule has 0 spiro atoms. The van der Waals surface area contributed by atoms with Gasteiger partial charge in [0.05, 0.1) is 26.9 Å². The third-order valence-corrected chi connectivity index (χ3v) is 6.31. The fraction of sp³-hybridized carbons (Fsp3) is 0.308. The van der Waals surface area contributed by atoms with Crippen molar-refractivity contribution in [2.24, 2.45) is 0 Å². The Bertz CT molecular complexity index is 928. The van der Waals surface area contributed by atoms with E-state index in [4.69, 9.17) is 23.5 Å². The maximum absolute atomic E-state index is 6.86. The third kappa shape index (κ3) is 4.53. The van der Waals surface area contributed by atoms with E-state index in [0.717, 1.165) is 34.6 Å². The minimum Gasteiger partial charge on any atom is -0.497 e. The van der Waals surface area contributed by atoms with Crippen LogP contribution in [-0.4, -0.2) is 39.6 Å². The minimum absolute atomic E-state index is 0.0137. The van der Waals surface area contributed by atoms with Crippen molar-refractivity contribution >= 4 is 9.47 Å². The van der Waals surface area contributed by atoms with E-state index < -0.39 is 5.60 Å². The van der Waals surface area contributed by atoms with E-state index in [-0.39, 0.29) is 12.2 Å². The number of methoxy groups -OCH3 is 2. The highest BCUT2D eigenvalue weighted by Crippen LogP contribution is 2.42. The Hall–Kier alpha value is -2.43. The predicted octanol–water partition coefficient (Wildman–Crippen LogP) is 4.98. The van der Waals surface area contributed by atoms with Crippen LogP contribution in [0.2, 0.25) is 0 Å². The van der Waals surface area contributed by atoms with Crippen molar-refractivity contribution < 1.29 is 23.5 Å². The van der Waals surface area contributed by atoms with Gasteiger partial charge in [0.1, 0.15) is 23.2 Å². The molecular formula is C26H29O5P. The highest BCUT2D eigenvalue weighted by atomic mass is 31.0. The average molecular weight is 452 g/mol. The van der Waals surface area contributed by atoms with Gasteiger partial charge in [-0.25, -0.2) is 0 Å². The molecule has 0 saturated carbocycles. The van der Waals surface area contributed by atoms with Gasteiger partial charge in [0.2, 0.25) is 0 Å². The van der Waals surface area contributed by atoms with Crippen LogP contribution < -0.4 is 9.47 Å². The SMILES string of the molecule is COc1ccc(C(OC[C@H]2OCC[C@@H]2OP)(c2ccccc2)c2ccc(OC)cc2)cc1. The maximum atomic E-state index is 6.86. The van der Waals surface area contributed by atoms with E-state index in [1.165, 1.54) is 0 Å². The zero-order valence-electron chi connectivity index (χ0n) is 18.4. The first-order chi connectivity index (χ1) is 15.7. The molecule has 0 aliphatic carbocycles. The molecule has 32 heavy (non-hydrogen) atoms. The summed E-state index contributed by atoms with van der Waals surface area (Å²) in [4.78, 5) is 0. The fourth-order valence-electron chi connectivity index (χ4n) is 4.22. The maximum Gasteiger partial charge on any atom is 0.143 e. The zero-order chi connectivity index (χ0) is 22.4. The van der Waals surface area contributed by atoms with Gasteiger partial charge >= 0.3 is 0 Å². The van der Waals surface area contributed by atoms with Gasteiger partial charge in [-0.2, -0.15) is 0 Å². The summed E-state index contributed by atoms with van der Waals surface area (Å²) >= 11 is 0. The van der Waals surface area contributed by atoms with Gasteiger partial charge in [-0.3, -0.25) is 0 Å². The third-order valence-electron chi connectivity index (χ3n) is 5.96. The number of hydrogen-bond donors (Lipinski definition) is 0. The van der Waals surface area contributed by atoms with Gasteiger partial charge in [0.25, 0.3) is 0 Å². The molecule has 3 aromatic carbocycles. The van der Waals surface area contributed by atoms with Crippen LogP contribution in [0.15, 0.2) is 78.9 Å². The molecule has 6 heteroatoms. The second-order valence-electron chi connectivity index (χ2n) is 7.69. The summed E-state index contributed by atoms with van der Waals surface area (Å²) in [6.07, 6.45) is 0.688. The molecule has 1 aliphatic heterocycles. The highest BCUT2D eigenvalue weighted by Gasteiger charge is 2.40. The summed E-state index contributed by atoms with van der Waals surface area (Å²) in [5.74, 6) is 1.59. The first kappa shape index (κ1) is 22.8. The summed E-state index contributed by atoms with van der Waals surface area (Å²) in [7, 11) is 5.69. The first-order valence-electron chi connectivity index (χ1n) is 10.7. The molecule has 0 radical (unpaired) electrons. The van der Waals surface area contributed by atoms with E-state index in [1.807, 2.05) is 42.5 Å². The van der Waals surface area contributed by atoms with Gasteiger partial charge < -0.3 is 23.5 Å². The molecule has 1 saturated heterocycles. The monoisotopic (exact) mass is 452 g/mol.